The SMILES string of the molecule is CCc1cc(Oc2nc(CO)co2)ccc1Cl. The van der Waals surface area contributed by atoms with Crippen molar-refractivity contribution in [3.63, 3.8) is 0 Å². The van der Waals surface area contributed by atoms with Gasteiger partial charge in [0, 0.05) is 5.02 Å². The van der Waals surface area contributed by atoms with Crippen molar-refractivity contribution in [3.05, 3.63) is 40.7 Å². The number of benzene rings is 1. The second-order valence-electron chi connectivity index (χ2n) is 3.47. The van der Waals surface area contributed by atoms with Crippen molar-refractivity contribution in [1.29, 1.82) is 0 Å². The molecule has 0 bridgehead atoms. The quantitative estimate of drug-likeness (QED) is 0.909. The monoisotopic (exact) mass is 253 g/mol. The van der Waals surface area contributed by atoms with Crippen molar-refractivity contribution >= 4 is 11.6 Å². The fourth-order valence-corrected chi connectivity index (χ4v) is 1.65. The number of ether oxygens (including phenoxy) is 1. The lowest BCUT2D eigenvalue weighted by molar-refractivity contribution is 0.276. The number of rotatable bonds is 4. The van der Waals surface area contributed by atoms with Gasteiger partial charge < -0.3 is 14.3 Å². The molecule has 1 aromatic heterocycles. The highest BCUT2D eigenvalue weighted by Gasteiger charge is 2.07. The van der Waals surface area contributed by atoms with Crippen LogP contribution in [-0.2, 0) is 13.0 Å². The molecule has 4 nitrogen and oxygen atoms in total. The summed E-state index contributed by atoms with van der Waals surface area (Å²) in [6.07, 6.45) is 2.29. The van der Waals surface area contributed by atoms with Crippen molar-refractivity contribution in [1.82, 2.24) is 4.98 Å². The number of halogens is 1. The molecule has 2 aromatic rings. The first kappa shape index (κ1) is 12.0. The molecule has 0 atom stereocenters. The molecule has 0 fully saturated rings. The Kier molecular flexibility index (Phi) is 3.66. The summed E-state index contributed by atoms with van der Waals surface area (Å²) in [5, 5.41) is 9.55. The van der Waals surface area contributed by atoms with Crippen molar-refractivity contribution in [2.45, 2.75) is 20.0 Å². The Morgan fingerprint density at radius 3 is 2.94 bits per heavy atom. The zero-order valence-corrected chi connectivity index (χ0v) is 10.1. The zero-order chi connectivity index (χ0) is 12.3. The Hall–Kier alpha value is -1.52. The first-order valence-corrected chi connectivity index (χ1v) is 5.62. The third-order valence-corrected chi connectivity index (χ3v) is 2.66. The molecule has 0 unspecified atom stereocenters. The van der Waals surface area contributed by atoms with Gasteiger partial charge in [0.2, 0.25) is 0 Å². The molecule has 0 saturated heterocycles. The maximum Gasteiger partial charge on any atom is 0.399 e. The third kappa shape index (κ3) is 2.78. The Balaban J connectivity index is 2.18. The Bertz CT molecular complexity index is 510. The van der Waals surface area contributed by atoms with Crippen LogP contribution in [0.15, 0.2) is 28.9 Å². The van der Waals surface area contributed by atoms with E-state index >= 15 is 0 Å². The molecule has 0 amide bonds. The number of aliphatic hydroxyl groups excluding tert-OH is 1. The lowest BCUT2D eigenvalue weighted by Gasteiger charge is -2.04. The molecule has 0 aliphatic heterocycles. The van der Waals surface area contributed by atoms with Crippen LogP contribution in [0.2, 0.25) is 5.02 Å². The Labute approximate surface area is 104 Å². The highest BCUT2D eigenvalue weighted by atomic mass is 35.5. The molecule has 1 aromatic carbocycles. The molecule has 2 rings (SSSR count). The molecule has 0 radical (unpaired) electrons. The molecule has 5 heteroatoms. The van der Waals surface area contributed by atoms with Crippen molar-refractivity contribution in [2.24, 2.45) is 0 Å². The van der Waals surface area contributed by atoms with Crippen molar-refractivity contribution in [3.8, 4) is 11.8 Å². The van der Waals surface area contributed by atoms with Gasteiger partial charge in [0.05, 0.1) is 6.61 Å². The molecule has 1 N–H and O–H groups in total. The van der Waals surface area contributed by atoms with E-state index in [1.165, 1.54) is 6.26 Å². The van der Waals surface area contributed by atoms with Crippen LogP contribution in [-0.4, -0.2) is 10.1 Å². The van der Waals surface area contributed by atoms with Gasteiger partial charge >= 0.3 is 6.08 Å². The van der Waals surface area contributed by atoms with Crippen LogP contribution >= 0.6 is 11.6 Å². The van der Waals surface area contributed by atoms with Crippen LogP contribution in [0.3, 0.4) is 0 Å². The molecule has 1 heterocycles. The van der Waals surface area contributed by atoms with Crippen LogP contribution in [0.25, 0.3) is 0 Å². The summed E-state index contributed by atoms with van der Waals surface area (Å²) in [6, 6.07) is 5.35. The highest BCUT2D eigenvalue weighted by molar-refractivity contribution is 6.31. The predicted molar refractivity (Wildman–Crippen MR) is 63.3 cm³/mol. The van der Waals surface area contributed by atoms with Gasteiger partial charge in [0.15, 0.2) is 0 Å². The topological polar surface area (TPSA) is 55.5 Å². The first-order valence-electron chi connectivity index (χ1n) is 5.24. The van der Waals surface area contributed by atoms with Crippen molar-refractivity contribution < 1.29 is 14.3 Å². The molecule has 0 saturated carbocycles. The summed E-state index contributed by atoms with van der Waals surface area (Å²) in [4.78, 5) is 3.93. The van der Waals surface area contributed by atoms with Crippen molar-refractivity contribution in [2.75, 3.05) is 0 Å². The van der Waals surface area contributed by atoms with E-state index in [0.29, 0.717) is 16.5 Å². The van der Waals surface area contributed by atoms with Gasteiger partial charge in [-0.1, -0.05) is 18.5 Å². The van der Waals surface area contributed by atoms with E-state index in [2.05, 4.69) is 4.98 Å². The van der Waals surface area contributed by atoms with E-state index in [0.717, 1.165) is 12.0 Å². The summed E-state index contributed by atoms with van der Waals surface area (Å²) in [6.45, 7) is 1.84. The summed E-state index contributed by atoms with van der Waals surface area (Å²) >= 11 is 6.00. The lowest BCUT2D eigenvalue weighted by atomic mass is 10.2. The average molecular weight is 254 g/mol. The molecular weight excluding hydrogens is 242 g/mol. The Morgan fingerprint density at radius 1 is 1.47 bits per heavy atom. The Morgan fingerprint density at radius 2 is 2.29 bits per heavy atom. The molecule has 0 aliphatic rings. The largest absolute Gasteiger partial charge is 0.417 e. The predicted octanol–water partition coefficient (Wildman–Crippen LogP) is 3.18. The summed E-state index contributed by atoms with van der Waals surface area (Å²) in [5.74, 6) is 0.609. The minimum atomic E-state index is -0.173. The number of aliphatic hydroxyl groups is 1. The normalized spacial score (nSPS) is 10.5. The molecule has 90 valence electrons. The fraction of sp³-hybridized carbons (Fsp3) is 0.250. The number of aromatic nitrogens is 1. The van der Waals surface area contributed by atoms with E-state index in [1.807, 2.05) is 13.0 Å². The van der Waals surface area contributed by atoms with Crippen LogP contribution in [0.1, 0.15) is 18.2 Å². The summed E-state index contributed by atoms with van der Waals surface area (Å²) < 4.78 is 10.4. The van der Waals surface area contributed by atoms with Gasteiger partial charge in [-0.15, -0.1) is 0 Å². The second kappa shape index (κ2) is 5.21. The van der Waals surface area contributed by atoms with E-state index < -0.39 is 0 Å². The zero-order valence-electron chi connectivity index (χ0n) is 9.31. The minimum absolute atomic E-state index is 0.110. The van der Waals surface area contributed by atoms with E-state index in [9.17, 15) is 0 Å². The van der Waals surface area contributed by atoms with Gasteiger partial charge in [0.25, 0.3) is 0 Å². The third-order valence-electron chi connectivity index (χ3n) is 2.30. The van der Waals surface area contributed by atoms with Crippen LogP contribution < -0.4 is 4.74 Å². The van der Waals surface area contributed by atoms with Gasteiger partial charge in [-0.3, -0.25) is 0 Å². The molecule has 17 heavy (non-hydrogen) atoms. The van der Waals surface area contributed by atoms with Crippen LogP contribution in [0, 0.1) is 0 Å². The minimum Gasteiger partial charge on any atom is -0.417 e. The van der Waals surface area contributed by atoms with E-state index in [4.69, 9.17) is 25.9 Å². The maximum atomic E-state index is 8.84. The maximum absolute atomic E-state index is 8.84. The number of nitrogens with zero attached hydrogens (tertiary/aromatic N) is 1. The number of oxazole rings is 1. The van der Waals surface area contributed by atoms with Crippen LogP contribution in [0.5, 0.6) is 11.8 Å². The number of hydrogen-bond acceptors (Lipinski definition) is 4. The molecule has 0 aliphatic carbocycles. The lowest BCUT2D eigenvalue weighted by Crippen LogP contribution is -1.88. The van der Waals surface area contributed by atoms with Gasteiger partial charge in [-0.05, 0) is 30.2 Å². The first-order chi connectivity index (χ1) is 8.22. The van der Waals surface area contributed by atoms with Crippen LogP contribution in [0.4, 0.5) is 0 Å². The number of hydrogen-bond donors (Lipinski definition) is 1. The highest BCUT2D eigenvalue weighted by Crippen LogP contribution is 2.26. The van der Waals surface area contributed by atoms with Gasteiger partial charge in [-0.25, -0.2) is 0 Å². The van der Waals surface area contributed by atoms with Gasteiger partial charge in [0.1, 0.15) is 17.7 Å². The second-order valence-corrected chi connectivity index (χ2v) is 3.88. The fourth-order valence-electron chi connectivity index (χ4n) is 1.39. The smallest absolute Gasteiger partial charge is 0.399 e. The average Bonchev–Trinajstić information content (AvgIpc) is 2.79. The molecule has 0 spiro atoms. The standard InChI is InChI=1S/C12H12ClNO3/c1-2-8-5-10(3-4-11(8)13)17-12-14-9(6-15)7-16-12/h3-5,7,15H,2,6H2,1H3. The summed E-state index contributed by atoms with van der Waals surface area (Å²) in [5.41, 5.74) is 1.43. The number of aryl methyl sites for hydroxylation is 1. The van der Waals surface area contributed by atoms with Gasteiger partial charge in [-0.2, -0.15) is 4.98 Å². The molecular formula is C12H12ClNO3. The van der Waals surface area contributed by atoms with E-state index in [-0.39, 0.29) is 12.7 Å². The van der Waals surface area contributed by atoms with E-state index in [1.54, 1.807) is 12.1 Å². The summed E-state index contributed by atoms with van der Waals surface area (Å²) in [7, 11) is 0.